The third kappa shape index (κ3) is 10.8. The molecule has 0 radical (unpaired) electrons. The molecule has 0 unspecified atom stereocenters. The summed E-state index contributed by atoms with van der Waals surface area (Å²) in [6.45, 7) is 0. The van der Waals surface area contributed by atoms with Gasteiger partial charge in [-0.05, 0) is 0 Å². The largest absolute Gasteiger partial charge is 0.278 e. The topological polar surface area (TPSA) is 77.5 Å². The fourth-order valence-electron chi connectivity index (χ4n) is 0.225. The van der Waals surface area contributed by atoms with E-state index in [4.69, 9.17) is 0 Å². The molecule has 0 saturated heterocycles. The van der Waals surface area contributed by atoms with E-state index in [1.54, 1.807) is 0 Å². The van der Waals surface area contributed by atoms with E-state index in [2.05, 4.69) is 3.63 Å². The van der Waals surface area contributed by atoms with Crippen molar-refractivity contribution in [3.63, 3.8) is 0 Å². The Morgan fingerprint density at radius 1 is 0.900 bits per heavy atom. The molecule has 5 nitrogen and oxygen atoms in total. The standard InChI is InChI=1S/C2H6O5S2.CH4/c1-8(3,4)7-9(2,5)6;/h1-2H3;1H4. The van der Waals surface area contributed by atoms with Gasteiger partial charge >= 0.3 is 0 Å². The van der Waals surface area contributed by atoms with Crippen molar-refractivity contribution in [1.82, 2.24) is 0 Å². The zero-order chi connectivity index (χ0) is 7.71. The van der Waals surface area contributed by atoms with Gasteiger partial charge in [-0.3, -0.25) is 0 Å². The van der Waals surface area contributed by atoms with Crippen LogP contribution in [0.15, 0.2) is 0 Å². The van der Waals surface area contributed by atoms with Gasteiger partial charge < -0.3 is 0 Å². The van der Waals surface area contributed by atoms with E-state index < -0.39 is 20.2 Å². The molecule has 7 heteroatoms. The number of hydrogen-bond donors (Lipinski definition) is 0. The zero-order valence-corrected chi connectivity index (χ0v) is 6.49. The average molecular weight is 190 g/mol. The van der Waals surface area contributed by atoms with Crippen LogP contribution in [0.1, 0.15) is 7.43 Å². The van der Waals surface area contributed by atoms with E-state index in [1.807, 2.05) is 0 Å². The van der Waals surface area contributed by atoms with Gasteiger partial charge in [0.2, 0.25) is 0 Å². The minimum Gasteiger partial charge on any atom is -0.199 e. The Hall–Kier alpha value is -0.140. The Balaban J connectivity index is 0. The summed E-state index contributed by atoms with van der Waals surface area (Å²) in [6, 6.07) is 0. The molecule has 0 spiro atoms. The molecule has 0 aliphatic rings. The van der Waals surface area contributed by atoms with Gasteiger partial charge in [0.1, 0.15) is 0 Å². The van der Waals surface area contributed by atoms with Crippen molar-refractivity contribution in [2.24, 2.45) is 0 Å². The lowest BCUT2D eigenvalue weighted by Gasteiger charge is -1.92. The highest BCUT2D eigenvalue weighted by Gasteiger charge is 2.10. The second-order valence-electron chi connectivity index (χ2n) is 1.48. The van der Waals surface area contributed by atoms with E-state index >= 15 is 0 Å². The monoisotopic (exact) mass is 190 g/mol. The molecule has 0 N–H and O–H groups in total. The van der Waals surface area contributed by atoms with E-state index in [-0.39, 0.29) is 7.43 Å². The third-order valence-electron chi connectivity index (χ3n) is 0.247. The van der Waals surface area contributed by atoms with E-state index in [0.29, 0.717) is 12.5 Å². The molecule has 0 saturated carbocycles. The van der Waals surface area contributed by atoms with Crippen molar-refractivity contribution >= 4 is 20.2 Å². The first-order valence-corrected chi connectivity index (χ1v) is 5.45. The van der Waals surface area contributed by atoms with Crippen LogP contribution in [0.5, 0.6) is 0 Å². The lowest BCUT2D eigenvalue weighted by Crippen LogP contribution is -2.09. The summed E-state index contributed by atoms with van der Waals surface area (Å²) in [5, 5.41) is 0. The lowest BCUT2D eigenvalue weighted by atomic mass is 12.0. The summed E-state index contributed by atoms with van der Waals surface area (Å²) in [7, 11) is -7.74. The van der Waals surface area contributed by atoms with Crippen LogP contribution in [-0.2, 0) is 23.9 Å². The highest BCUT2D eigenvalue weighted by atomic mass is 32.3. The van der Waals surface area contributed by atoms with Gasteiger partial charge in [-0.25, -0.2) is 0 Å². The minimum atomic E-state index is -3.87. The molecule has 0 fully saturated rings. The molecule has 0 aromatic carbocycles. The third-order valence-corrected chi connectivity index (χ3v) is 2.22. The van der Waals surface area contributed by atoms with Crippen molar-refractivity contribution in [3.05, 3.63) is 0 Å². The fraction of sp³-hybridized carbons (Fsp3) is 1.00. The molecule has 0 amide bonds. The fourth-order valence-corrected chi connectivity index (χ4v) is 2.02. The maximum Gasteiger partial charge on any atom is 0.278 e. The van der Waals surface area contributed by atoms with Gasteiger partial charge in [-0.1, -0.05) is 7.43 Å². The van der Waals surface area contributed by atoms with E-state index in [0.717, 1.165) is 0 Å². The molecular weight excluding hydrogens is 180 g/mol. The lowest BCUT2D eigenvalue weighted by molar-refractivity contribution is 0.471. The SMILES string of the molecule is C.CS(=O)(=O)OS(C)(=O)=O. The Kier molecular flexibility index (Phi) is 4.15. The van der Waals surface area contributed by atoms with Crippen LogP contribution in [0.2, 0.25) is 0 Å². The van der Waals surface area contributed by atoms with Crippen LogP contribution in [0, 0.1) is 0 Å². The summed E-state index contributed by atoms with van der Waals surface area (Å²) >= 11 is 0. The Morgan fingerprint density at radius 3 is 1.10 bits per heavy atom. The number of hydrogen-bond acceptors (Lipinski definition) is 5. The van der Waals surface area contributed by atoms with Crippen molar-refractivity contribution in [2.75, 3.05) is 12.5 Å². The van der Waals surface area contributed by atoms with Gasteiger partial charge in [0.25, 0.3) is 20.2 Å². The predicted molar refractivity (Wildman–Crippen MR) is 37.5 cm³/mol. The maximum atomic E-state index is 10.0. The minimum absolute atomic E-state index is 0. The summed E-state index contributed by atoms with van der Waals surface area (Å²) in [5.41, 5.74) is 0. The van der Waals surface area contributed by atoms with Gasteiger partial charge in [0, 0.05) is 0 Å². The first kappa shape index (κ1) is 12.5. The van der Waals surface area contributed by atoms with Crippen LogP contribution in [0.25, 0.3) is 0 Å². The zero-order valence-electron chi connectivity index (χ0n) is 4.86. The van der Waals surface area contributed by atoms with Crippen LogP contribution < -0.4 is 0 Å². The predicted octanol–water partition coefficient (Wildman–Crippen LogP) is -0.442. The summed E-state index contributed by atoms with van der Waals surface area (Å²) in [4.78, 5) is 0. The average Bonchev–Trinajstić information content (AvgIpc) is 1.14. The van der Waals surface area contributed by atoms with Gasteiger partial charge in [-0.2, -0.15) is 16.8 Å². The summed E-state index contributed by atoms with van der Waals surface area (Å²) < 4.78 is 43.8. The molecule has 0 aliphatic heterocycles. The molecule has 64 valence electrons. The van der Waals surface area contributed by atoms with Gasteiger partial charge in [0.05, 0.1) is 12.5 Å². The molecule has 0 aromatic rings. The summed E-state index contributed by atoms with van der Waals surface area (Å²) in [5.74, 6) is 0. The Bertz CT molecular complexity index is 240. The normalized spacial score (nSPS) is 12.2. The molecule has 0 heterocycles. The second kappa shape index (κ2) is 3.31. The first-order valence-electron chi connectivity index (χ1n) is 1.82. The molecule has 0 aromatic heterocycles. The smallest absolute Gasteiger partial charge is 0.199 e. The van der Waals surface area contributed by atoms with E-state index in [9.17, 15) is 16.8 Å². The van der Waals surface area contributed by atoms with Crippen molar-refractivity contribution in [3.8, 4) is 0 Å². The van der Waals surface area contributed by atoms with E-state index in [1.165, 1.54) is 0 Å². The molecule has 0 atom stereocenters. The highest BCUT2D eigenvalue weighted by molar-refractivity contribution is 7.99. The highest BCUT2D eigenvalue weighted by Crippen LogP contribution is 1.92. The van der Waals surface area contributed by atoms with Crippen LogP contribution in [0.4, 0.5) is 0 Å². The van der Waals surface area contributed by atoms with Crippen molar-refractivity contribution < 1.29 is 20.5 Å². The van der Waals surface area contributed by atoms with Crippen LogP contribution >= 0.6 is 0 Å². The second-order valence-corrected chi connectivity index (χ2v) is 4.84. The molecule has 0 aliphatic carbocycles. The quantitative estimate of drug-likeness (QED) is 0.589. The Morgan fingerprint density at radius 2 is 1.10 bits per heavy atom. The first-order chi connectivity index (χ1) is 3.71. The van der Waals surface area contributed by atoms with Crippen molar-refractivity contribution in [1.29, 1.82) is 0 Å². The van der Waals surface area contributed by atoms with Crippen molar-refractivity contribution in [2.45, 2.75) is 7.43 Å². The van der Waals surface area contributed by atoms with Crippen LogP contribution in [0.3, 0.4) is 0 Å². The van der Waals surface area contributed by atoms with Crippen LogP contribution in [-0.4, -0.2) is 29.3 Å². The molecule has 0 bridgehead atoms. The number of rotatable bonds is 2. The van der Waals surface area contributed by atoms with Gasteiger partial charge in [0.15, 0.2) is 0 Å². The Labute approximate surface area is 61.3 Å². The van der Waals surface area contributed by atoms with Gasteiger partial charge in [-0.15, -0.1) is 3.63 Å². The molecule has 10 heavy (non-hydrogen) atoms. The molecular formula is C3H10O5S2. The summed E-state index contributed by atoms with van der Waals surface area (Å²) in [6.07, 6.45) is 1.32. The maximum absolute atomic E-state index is 10.0. The molecule has 0 rings (SSSR count).